The highest BCUT2D eigenvalue weighted by Crippen LogP contribution is 2.46. The first-order chi connectivity index (χ1) is 16.4. The third kappa shape index (κ3) is 6.84. The summed E-state index contributed by atoms with van der Waals surface area (Å²) in [5.41, 5.74) is 2.54. The van der Waals surface area contributed by atoms with Gasteiger partial charge in [-0.1, -0.05) is 87.4 Å². The first-order valence-electron chi connectivity index (χ1n) is 12.6. The quantitative estimate of drug-likeness (QED) is 0.239. The molecule has 0 heterocycles. The average Bonchev–Trinajstić information content (AvgIpc) is 2.82. The van der Waals surface area contributed by atoms with Gasteiger partial charge < -0.3 is 0 Å². The molecule has 34 heavy (non-hydrogen) atoms. The predicted molar refractivity (Wildman–Crippen MR) is 133 cm³/mol. The van der Waals surface area contributed by atoms with Crippen molar-refractivity contribution in [3.63, 3.8) is 0 Å². The van der Waals surface area contributed by atoms with Crippen LogP contribution in [-0.2, 0) is 12.8 Å². The van der Waals surface area contributed by atoms with Crippen LogP contribution in [0.4, 0.5) is 17.6 Å². The summed E-state index contributed by atoms with van der Waals surface area (Å²) in [6.45, 7) is 4.07. The van der Waals surface area contributed by atoms with Crippen molar-refractivity contribution >= 4 is 6.08 Å². The average molecular weight is 473 g/mol. The van der Waals surface area contributed by atoms with Crippen LogP contribution < -0.4 is 0 Å². The van der Waals surface area contributed by atoms with Crippen LogP contribution in [-0.4, -0.2) is 5.92 Å². The number of allylic oxidation sites excluding steroid dienone is 3. The van der Waals surface area contributed by atoms with E-state index in [0.29, 0.717) is 24.8 Å². The van der Waals surface area contributed by atoms with Gasteiger partial charge in [-0.05, 0) is 61.1 Å². The van der Waals surface area contributed by atoms with E-state index in [1.54, 1.807) is 24.3 Å². The molecular weight excluding hydrogens is 436 g/mol. The van der Waals surface area contributed by atoms with Crippen LogP contribution in [0.2, 0.25) is 0 Å². The van der Waals surface area contributed by atoms with E-state index in [0.717, 1.165) is 43.2 Å². The summed E-state index contributed by atoms with van der Waals surface area (Å²) < 4.78 is 58.2. The van der Waals surface area contributed by atoms with Crippen molar-refractivity contribution in [3.05, 3.63) is 88.5 Å². The van der Waals surface area contributed by atoms with E-state index in [1.807, 2.05) is 50.3 Å². The lowest BCUT2D eigenvalue weighted by Crippen LogP contribution is -2.33. The Morgan fingerprint density at radius 3 is 2.24 bits per heavy atom. The van der Waals surface area contributed by atoms with Crippen LogP contribution >= 0.6 is 0 Å². The molecule has 0 spiro atoms. The number of aryl methyl sites for hydroxylation is 2. The van der Waals surface area contributed by atoms with Gasteiger partial charge in [0.25, 0.3) is 5.92 Å². The van der Waals surface area contributed by atoms with E-state index in [-0.39, 0.29) is 17.9 Å². The molecule has 2 atom stereocenters. The summed E-state index contributed by atoms with van der Waals surface area (Å²) in [7, 11) is 0. The monoisotopic (exact) mass is 472 g/mol. The van der Waals surface area contributed by atoms with Crippen LogP contribution in [0.1, 0.15) is 87.0 Å². The highest BCUT2D eigenvalue weighted by atomic mass is 19.3. The number of alkyl halides is 2. The molecule has 1 fully saturated rings. The fourth-order valence-electron chi connectivity index (χ4n) is 4.66. The van der Waals surface area contributed by atoms with Crippen molar-refractivity contribution < 1.29 is 17.6 Å². The van der Waals surface area contributed by atoms with Gasteiger partial charge in [-0.15, -0.1) is 0 Å². The van der Waals surface area contributed by atoms with Gasteiger partial charge in [0.1, 0.15) is 0 Å². The van der Waals surface area contributed by atoms with Crippen molar-refractivity contribution in [2.24, 2.45) is 5.92 Å². The highest BCUT2D eigenvalue weighted by molar-refractivity contribution is 5.51. The molecule has 2 aromatic carbocycles. The second-order valence-electron chi connectivity index (χ2n) is 9.44. The molecule has 0 radical (unpaired) electrons. The standard InChI is InChI=1S/C30H36F4/c1-3-5-7-9-24-17-18-25(29(32)28(24)31)16-13-22-11-14-23(15-12-22)26-19-20-27(10-8-6-4-2)30(33,34)21-26/h7-12,14-15,17-18,26-27H,3-6,13,16,19-21H2,1-2H3/b9-7+,10-8+. The summed E-state index contributed by atoms with van der Waals surface area (Å²) in [5.74, 6) is -5.10. The fourth-order valence-corrected chi connectivity index (χ4v) is 4.66. The minimum absolute atomic E-state index is 0.128. The molecule has 1 aliphatic rings. The lowest BCUT2D eigenvalue weighted by molar-refractivity contribution is -0.0741. The van der Waals surface area contributed by atoms with Gasteiger partial charge in [-0.3, -0.25) is 0 Å². The highest BCUT2D eigenvalue weighted by Gasteiger charge is 2.43. The Kier molecular flexibility index (Phi) is 9.55. The molecule has 0 nitrogen and oxygen atoms in total. The molecule has 184 valence electrons. The van der Waals surface area contributed by atoms with Gasteiger partial charge in [0.05, 0.1) is 0 Å². The maximum absolute atomic E-state index is 14.7. The topological polar surface area (TPSA) is 0 Å². The predicted octanol–water partition coefficient (Wildman–Crippen LogP) is 9.44. The molecular formula is C30H36F4. The van der Waals surface area contributed by atoms with Gasteiger partial charge in [0.15, 0.2) is 11.6 Å². The fraction of sp³-hybridized carbons (Fsp3) is 0.467. The number of rotatable bonds is 10. The molecule has 1 aliphatic carbocycles. The molecule has 3 rings (SSSR count). The van der Waals surface area contributed by atoms with Crippen molar-refractivity contribution in [1.82, 2.24) is 0 Å². The SMILES string of the molecule is CCC/C=C/c1ccc(CCc2ccc(C3CCC(/C=C/CCC)C(F)(F)C3)cc2)c(F)c1F. The maximum Gasteiger partial charge on any atom is 0.254 e. The minimum atomic E-state index is -2.69. The van der Waals surface area contributed by atoms with Crippen LogP contribution in [0.3, 0.4) is 0 Å². The Morgan fingerprint density at radius 1 is 0.853 bits per heavy atom. The Morgan fingerprint density at radius 2 is 1.56 bits per heavy atom. The molecule has 0 aromatic heterocycles. The molecule has 0 N–H and O–H groups in total. The molecule has 2 unspecified atom stereocenters. The summed E-state index contributed by atoms with van der Waals surface area (Å²) in [6, 6.07) is 11.0. The second-order valence-corrected chi connectivity index (χ2v) is 9.44. The summed E-state index contributed by atoms with van der Waals surface area (Å²) >= 11 is 0. The number of benzene rings is 2. The molecule has 4 heteroatoms. The first kappa shape index (κ1) is 26.2. The van der Waals surface area contributed by atoms with Crippen molar-refractivity contribution in [3.8, 4) is 0 Å². The molecule has 2 aromatic rings. The van der Waals surface area contributed by atoms with Gasteiger partial charge in [-0.25, -0.2) is 17.6 Å². The number of halogens is 4. The van der Waals surface area contributed by atoms with Crippen molar-refractivity contribution in [1.29, 1.82) is 0 Å². The first-order valence-corrected chi connectivity index (χ1v) is 12.6. The van der Waals surface area contributed by atoms with E-state index in [4.69, 9.17) is 0 Å². The van der Waals surface area contributed by atoms with Gasteiger partial charge >= 0.3 is 0 Å². The minimum Gasteiger partial charge on any atom is -0.206 e. The van der Waals surface area contributed by atoms with E-state index in [2.05, 4.69) is 0 Å². The zero-order chi connectivity index (χ0) is 24.6. The molecule has 0 amide bonds. The van der Waals surface area contributed by atoms with Crippen LogP contribution in [0.15, 0.2) is 54.6 Å². The number of hydrogen-bond acceptors (Lipinski definition) is 0. The lowest BCUT2D eigenvalue weighted by Gasteiger charge is -2.35. The van der Waals surface area contributed by atoms with Crippen LogP contribution in [0.5, 0.6) is 0 Å². The van der Waals surface area contributed by atoms with Gasteiger partial charge in [-0.2, -0.15) is 0 Å². The van der Waals surface area contributed by atoms with Crippen molar-refractivity contribution in [2.75, 3.05) is 0 Å². The Balaban J connectivity index is 1.59. The Labute approximate surface area is 201 Å². The normalized spacial score (nSPS) is 20.4. The molecule has 1 saturated carbocycles. The molecule has 0 bridgehead atoms. The largest absolute Gasteiger partial charge is 0.254 e. The van der Waals surface area contributed by atoms with E-state index >= 15 is 0 Å². The van der Waals surface area contributed by atoms with E-state index in [9.17, 15) is 17.6 Å². The number of hydrogen-bond donors (Lipinski definition) is 0. The lowest BCUT2D eigenvalue weighted by atomic mass is 9.76. The van der Waals surface area contributed by atoms with E-state index < -0.39 is 23.5 Å². The Bertz CT molecular complexity index is 972. The van der Waals surface area contributed by atoms with Gasteiger partial charge in [0.2, 0.25) is 0 Å². The third-order valence-electron chi connectivity index (χ3n) is 6.79. The summed E-state index contributed by atoms with van der Waals surface area (Å²) in [6.07, 6.45) is 12.7. The smallest absolute Gasteiger partial charge is 0.206 e. The zero-order valence-corrected chi connectivity index (χ0v) is 20.3. The number of unbranched alkanes of at least 4 members (excludes halogenated alkanes) is 2. The second kappa shape index (κ2) is 12.4. The third-order valence-corrected chi connectivity index (χ3v) is 6.79. The van der Waals surface area contributed by atoms with Crippen LogP contribution in [0.25, 0.3) is 6.08 Å². The van der Waals surface area contributed by atoms with E-state index in [1.165, 1.54) is 0 Å². The zero-order valence-electron chi connectivity index (χ0n) is 20.3. The van der Waals surface area contributed by atoms with Crippen molar-refractivity contribution in [2.45, 2.75) is 83.5 Å². The molecule has 0 aliphatic heterocycles. The van der Waals surface area contributed by atoms with Gasteiger partial charge in [0, 0.05) is 17.9 Å². The molecule has 0 saturated heterocycles. The van der Waals surface area contributed by atoms with Crippen LogP contribution in [0, 0.1) is 17.6 Å². The summed E-state index contributed by atoms with van der Waals surface area (Å²) in [4.78, 5) is 0. The Hall–Kier alpha value is -2.36. The summed E-state index contributed by atoms with van der Waals surface area (Å²) in [5, 5.41) is 0. The maximum atomic E-state index is 14.7.